The number of aliphatic hydroxyl groups excluding tert-OH is 4. The van der Waals surface area contributed by atoms with Crippen molar-refractivity contribution in [3.05, 3.63) is 11.3 Å². The van der Waals surface area contributed by atoms with Gasteiger partial charge in [-0.15, -0.1) is 0 Å². The topological polar surface area (TPSA) is 126 Å². The fourth-order valence-electron chi connectivity index (χ4n) is 2.28. The summed E-state index contributed by atoms with van der Waals surface area (Å²) in [6, 6.07) is 0. The highest BCUT2D eigenvalue weighted by molar-refractivity contribution is 5.89. The second-order valence-electron chi connectivity index (χ2n) is 5.28. The monoisotopic (exact) mass is 304 g/mol. The highest BCUT2D eigenvalue weighted by Crippen LogP contribution is 2.28. The van der Waals surface area contributed by atoms with Gasteiger partial charge in [0, 0.05) is 6.42 Å². The Balaban J connectivity index is 2.14. The van der Waals surface area contributed by atoms with Crippen LogP contribution in [0.25, 0.3) is 0 Å². The van der Waals surface area contributed by atoms with E-state index in [9.17, 15) is 20.1 Å². The van der Waals surface area contributed by atoms with Crippen molar-refractivity contribution >= 4 is 5.97 Å². The lowest BCUT2D eigenvalue weighted by Crippen LogP contribution is -2.59. The molecule has 1 fully saturated rings. The summed E-state index contributed by atoms with van der Waals surface area (Å²) < 4.78 is 15.7. The van der Waals surface area contributed by atoms with Gasteiger partial charge in [0.1, 0.15) is 36.3 Å². The predicted octanol–water partition coefficient (Wildman–Crippen LogP) is -1.59. The number of carbonyl (C=O) groups is 1. The summed E-state index contributed by atoms with van der Waals surface area (Å²) in [5.41, 5.74) is 0.255. The molecule has 2 aliphatic rings. The number of ether oxygens (including phenoxy) is 3. The van der Waals surface area contributed by atoms with Gasteiger partial charge < -0.3 is 34.6 Å². The van der Waals surface area contributed by atoms with E-state index in [0.717, 1.165) is 0 Å². The molecule has 8 heteroatoms. The van der Waals surface area contributed by atoms with Crippen LogP contribution >= 0.6 is 0 Å². The van der Waals surface area contributed by atoms with Crippen molar-refractivity contribution in [3.63, 3.8) is 0 Å². The quantitative estimate of drug-likeness (QED) is 0.460. The average Bonchev–Trinajstić information content (AvgIpc) is 2.44. The van der Waals surface area contributed by atoms with Crippen LogP contribution in [0, 0.1) is 0 Å². The molecule has 0 aromatic rings. The van der Waals surface area contributed by atoms with Crippen molar-refractivity contribution in [1.82, 2.24) is 0 Å². The Labute approximate surface area is 121 Å². The lowest BCUT2D eigenvalue weighted by molar-refractivity contribution is -0.292. The smallest absolute Gasteiger partial charge is 0.337 e. The number of aliphatic hydroxyl groups is 4. The lowest BCUT2D eigenvalue weighted by Gasteiger charge is -2.40. The first-order chi connectivity index (χ1) is 9.85. The van der Waals surface area contributed by atoms with E-state index in [0.29, 0.717) is 12.2 Å². The van der Waals surface area contributed by atoms with Gasteiger partial charge in [0.2, 0.25) is 6.29 Å². The second-order valence-corrected chi connectivity index (χ2v) is 5.28. The lowest BCUT2D eigenvalue weighted by atomic mass is 9.99. The Bertz CT molecular complexity index is 432. The van der Waals surface area contributed by atoms with E-state index in [-0.39, 0.29) is 11.7 Å². The first kappa shape index (κ1) is 16.2. The van der Waals surface area contributed by atoms with Crippen LogP contribution in [-0.4, -0.2) is 69.8 Å². The van der Waals surface area contributed by atoms with Crippen LogP contribution in [0.3, 0.4) is 0 Å². The normalized spacial score (nSPS) is 41.0. The molecule has 6 unspecified atom stereocenters. The molecule has 120 valence electrons. The van der Waals surface area contributed by atoms with E-state index in [2.05, 4.69) is 0 Å². The Morgan fingerprint density at radius 1 is 1.24 bits per heavy atom. The van der Waals surface area contributed by atoms with E-state index in [1.165, 1.54) is 6.92 Å². The summed E-state index contributed by atoms with van der Waals surface area (Å²) in [6.07, 6.45) is -6.87. The Kier molecular flexibility index (Phi) is 4.84. The molecule has 0 aliphatic carbocycles. The van der Waals surface area contributed by atoms with Gasteiger partial charge in [-0.2, -0.15) is 0 Å². The second kappa shape index (κ2) is 6.29. The largest absolute Gasteiger partial charge is 0.466 e. The molecule has 0 amide bonds. The summed E-state index contributed by atoms with van der Waals surface area (Å²) in [6.45, 7) is 2.68. The van der Waals surface area contributed by atoms with Crippen molar-refractivity contribution in [2.24, 2.45) is 0 Å². The van der Waals surface area contributed by atoms with Gasteiger partial charge in [-0.05, 0) is 13.8 Å². The SMILES string of the molecule is CC1=C(OC2OC(CO)C(O)C(O)C2O)CC(C)OC1=O. The first-order valence-corrected chi connectivity index (χ1v) is 6.73. The molecular formula is C13H20O8. The minimum atomic E-state index is -1.52. The zero-order chi connectivity index (χ0) is 15.7. The van der Waals surface area contributed by atoms with Gasteiger partial charge in [-0.25, -0.2) is 4.79 Å². The standard InChI is InChI=1S/C13H20O8/c1-5-3-7(6(2)12(18)19-5)20-13-11(17)10(16)9(15)8(4-14)21-13/h5,8-11,13-17H,3-4H2,1-2H3. The van der Waals surface area contributed by atoms with E-state index in [1.54, 1.807) is 6.92 Å². The minimum Gasteiger partial charge on any atom is -0.466 e. The van der Waals surface area contributed by atoms with Crippen molar-refractivity contribution in [1.29, 1.82) is 0 Å². The molecule has 0 aromatic heterocycles. The maximum absolute atomic E-state index is 11.6. The predicted molar refractivity (Wildman–Crippen MR) is 67.7 cm³/mol. The van der Waals surface area contributed by atoms with Crippen LogP contribution in [0.5, 0.6) is 0 Å². The van der Waals surface area contributed by atoms with Gasteiger partial charge in [0.05, 0.1) is 12.2 Å². The molecular weight excluding hydrogens is 284 g/mol. The molecule has 0 radical (unpaired) electrons. The van der Waals surface area contributed by atoms with Crippen LogP contribution < -0.4 is 0 Å². The van der Waals surface area contributed by atoms with E-state index in [1.807, 2.05) is 0 Å². The van der Waals surface area contributed by atoms with Gasteiger partial charge in [0.15, 0.2) is 0 Å². The van der Waals surface area contributed by atoms with Gasteiger partial charge >= 0.3 is 5.97 Å². The highest BCUT2D eigenvalue weighted by Gasteiger charge is 2.45. The minimum absolute atomic E-state index is 0.255. The molecule has 0 bridgehead atoms. The highest BCUT2D eigenvalue weighted by atomic mass is 16.7. The number of rotatable bonds is 3. The third kappa shape index (κ3) is 3.19. The van der Waals surface area contributed by atoms with Crippen molar-refractivity contribution in [2.45, 2.75) is 57.1 Å². The van der Waals surface area contributed by atoms with E-state index >= 15 is 0 Å². The summed E-state index contributed by atoms with van der Waals surface area (Å²) in [7, 11) is 0. The Morgan fingerprint density at radius 2 is 1.90 bits per heavy atom. The van der Waals surface area contributed by atoms with Gasteiger partial charge in [-0.1, -0.05) is 0 Å². The summed E-state index contributed by atoms with van der Waals surface area (Å²) >= 11 is 0. The van der Waals surface area contributed by atoms with Gasteiger partial charge in [0.25, 0.3) is 0 Å². The van der Waals surface area contributed by atoms with Crippen LogP contribution in [0.4, 0.5) is 0 Å². The molecule has 0 spiro atoms. The number of esters is 1. The molecule has 1 saturated heterocycles. The van der Waals surface area contributed by atoms with E-state index in [4.69, 9.17) is 19.3 Å². The first-order valence-electron chi connectivity index (χ1n) is 6.73. The van der Waals surface area contributed by atoms with Crippen molar-refractivity contribution < 1.29 is 39.4 Å². The maximum Gasteiger partial charge on any atom is 0.337 e. The van der Waals surface area contributed by atoms with Crippen LogP contribution in [0.15, 0.2) is 11.3 Å². The molecule has 2 aliphatic heterocycles. The molecule has 6 atom stereocenters. The molecule has 0 saturated carbocycles. The van der Waals surface area contributed by atoms with Crippen molar-refractivity contribution in [3.8, 4) is 0 Å². The third-order valence-electron chi connectivity index (χ3n) is 3.61. The number of hydrogen-bond acceptors (Lipinski definition) is 8. The number of carbonyl (C=O) groups excluding carboxylic acids is 1. The molecule has 4 N–H and O–H groups in total. The maximum atomic E-state index is 11.6. The average molecular weight is 304 g/mol. The molecule has 0 aromatic carbocycles. The van der Waals surface area contributed by atoms with E-state index < -0.39 is 43.3 Å². The summed E-state index contributed by atoms with van der Waals surface area (Å²) in [4.78, 5) is 11.6. The molecule has 2 rings (SSSR count). The third-order valence-corrected chi connectivity index (χ3v) is 3.61. The van der Waals surface area contributed by atoms with Crippen LogP contribution in [0.2, 0.25) is 0 Å². The Morgan fingerprint density at radius 3 is 2.52 bits per heavy atom. The Hall–Kier alpha value is -1.19. The van der Waals surface area contributed by atoms with Crippen molar-refractivity contribution in [2.75, 3.05) is 6.61 Å². The fraction of sp³-hybridized carbons (Fsp3) is 0.769. The number of cyclic esters (lactones) is 1. The van der Waals surface area contributed by atoms with Gasteiger partial charge in [-0.3, -0.25) is 0 Å². The zero-order valence-corrected chi connectivity index (χ0v) is 11.8. The molecule has 8 nitrogen and oxygen atoms in total. The number of hydrogen-bond donors (Lipinski definition) is 4. The van der Waals surface area contributed by atoms with Crippen LogP contribution in [-0.2, 0) is 19.0 Å². The molecule has 2 heterocycles. The summed E-state index contributed by atoms with van der Waals surface area (Å²) in [5, 5.41) is 38.4. The fourth-order valence-corrected chi connectivity index (χ4v) is 2.28. The van der Waals surface area contributed by atoms with Crippen LogP contribution in [0.1, 0.15) is 20.3 Å². The zero-order valence-electron chi connectivity index (χ0n) is 11.8. The summed E-state index contributed by atoms with van der Waals surface area (Å²) in [5.74, 6) is -0.226. The molecule has 21 heavy (non-hydrogen) atoms.